The molecule has 0 spiro atoms. The number of carbonyl (C=O) groups is 1. The third kappa shape index (κ3) is 2.83. The molecule has 1 aromatic carbocycles. The average Bonchev–Trinajstić information content (AvgIpc) is 3.29. The molecule has 4 aromatic rings. The Kier molecular flexibility index (Phi) is 3.89. The maximum absolute atomic E-state index is 12.8. The minimum Gasteiger partial charge on any atom is -0.322 e. The third-order valence-electron chi connectivity index (χ3n) is 5.24. The number of tetrazole rings is 1. The SMILES string of the molecule is Cc1ccc(-c2nnn(C3CCC3)n2)cc1NC(=O)c1cnn2ccccc12. The van der Waals surface area contributed by atoms with Crippen LogP contribution in [0.25, 0.3) is 16.9 Å². The second-order valence-electron chi connectivity index (χ2n) is 7.09. The Hall–Kier alpha value is -3.55. The molecule has 0 atom stereocenters. The van der Waals surface area contributed by atoms with Gasteiger partial charge in [0.05, 0.1) is 23.3 Å². The van der Waals surface area contributed by atoms with Crippen molar-refractivity contribution < 1.29 is 4.79 Å². The first kappa shape index (κ1) is 16.6. The van der Waals surface area contributed by atoms with Crippen LogP contribution in [-0.2, 0) is 0 Å². The van der Waals surface area contributed by atoms with Crippen LogP contribution in [-0.4, -0.2) is 35.7 Å². The molecule has 1 N–H and O–H groups in total. The predicted molar refractivity (Wildman–Crippen MR) is 104 cm³/mol. The minimum atomic E-state index is -0.201. The van der Waals surface area contributed by atoms with Gasteiger partial charge in [0.2, 0.25) is 5.82 Å². The predicted octanol–water partition coefficient (Wildman–Crippen LogP) is 3.27. The summed E-state index contributed by atoms with van der Waals surface area (Å²) in [5, 5.41) is 20.1. The lowest BCUT2D eigenvalue weighted by Crippen LogP contribution is -2.19. The second kappa shape index (κ2) is 6.56. The summed E-state index contributed by atoms with van der Waals surface area (Å²) in [5.41, 5.74) is 3.79. The summed E-state index contributed by atoms with van der Waals surface area (Å²) in [7, 11) is 0. The molecule has 3 heterocycles. The maximum Gasteiger partial charge on any atom is 0.259 e. The Labute approximate surface area is 161 Å². The summed E-state index contributed by atoms with van der Waals surface area (Å²) in [6, 6.07) is 11.8. The topological polar surface area (TPSA) is 90.0 Å². The van der Waals surface area contributed by atoms with Crippen LogP contribution in [0.5, 0.6) is 0 Å². The van der Waals surface area contributed by atoms with E-state index in [0.717, 1.165) is 35.2 Å². The van der Waals surface area contributed by atoms with Crippen LogP contribution < -0.4 is 5.32 Å². The fraction of sp³-hybridized carbons (Fsp3) is 0.250. The quantitative estimate of drug-likeness (QED) is 0.593. The van der Waals surface area contributed by atoms with Crippen molar-refractivity contribution in [1.29, 1.82) is 0 Å². The Bertz CT molecular complexity index is 1170. The zero-order valence-electron chi connectivity index (χ0n) is 15.4. The summed E-state index contributed by atoms with van der Waals surface area (Å²) >= 11 is 0. The van der Waals surface area contributed by atoms with Crippen molar-refractivity contribution in [2.24, 2.45) is 0 Å². The van der Waals surface area contributed by atoms with Gasteiger partial charge in [-0.25, -0.2) is 4.52 Å². The van der Waals surface area contributed by atoms with Gasteiger partial charge in [-0.1, -0.05) is 18.2 Å². The highest BCUT2D eigenvalue weighted by Crippen LogP contribution is 2.30. The molecule has 1 amide bonds. The Morgan fingerprint density at radius 3 is 2.93 bits per heavy atom. The molecular formula is C20H19N7O. The Morgan fingerprint density at radius 2 is 2.11 bits per heavy atom. The molecular weight excluding hydrogens is 354 g/mol. The number of anilines is 1. The molecule has 3 aromatic heterocycles. The van der Waals surface area contributed by atoms with Crippen molar-refractivity contribution in [3.8, 4) is 11.4 Å². The van der Waals surface area contributed by atoms with Crippen molar-refractivity contribution >= 4 is 17.1 Å². The molecule has 0 bridgehead atoms. The van der Waals surface area contributed by atoms with Gasteiger partial charge in [0.15, 0.2) is 0 Å². The average molecular weight is 373 g/mol. The lowest BCUT2D eigenvalue weighted by atomic mass is 9.94. The van der Waals surface area contributed by atoms with Gasteiger partial charge < -0.3 is 5.32 Å². The molecule has 0 unspecified atom stereocenters. The zero-order chi connectivity index (χ0) is 19.1. The molecule has 0 aliphatic heterocycles. The molecule has 1 aliphatic carbocycles. The van der Waals surface area contributed by atoms with Crippen LogP contribution in [0.1, 0.15) is 41.2 Å². The number of aromatic nitrogens is 6. The molecule has 1 fully saturated rings. The molecule has 28 heavy (non-hydrogen) atoms. The van der Waals surface area contributed by atoms with Gasteiger partial charge in [0, 0.05) is 17.4 Å². The maximum atomic E-state index is 12.8. The van der Waals surface area contributed by atoms with E-state index in [4.69, 9.17) is 0 Å². The van der Waals surface area contributed by atoms with Gasteiger partial charge in [-0.2, -0.15) is 9.90 Å². The van der Waals surface area contributed by atoms with E-state index in [1.54, 1.807) is 15.5 Å². The van der Waals surface area contributed by atoms with Crippen molar-refractivity contribution in [1.82, 2.24) is 29.8 Å². The van der Waals surface area contributed by atoms with Gasteiger partial charge in [-0.05, 0) is 55.2 Å². The number of nitrogens with one attached hydrogen (secondary N) is 1. The standard InChI is InChI=1S/C20H19N7O/c1-13-8-9-14(19-23-25-27(24-19)15-5-4-6-15)11-17(13)22-20(28)16-12-21-26-10-3-2-7-18(16)26/h2-3,7-12,15H,4-6H2,1H3,(H,22,28). The molecule has 8 heteroatoms. The van der Waals surface area contributed by atoms with E-state index in [2.05, 4.69) is 25.8 Å². The normalized spacial score (nSPS) is 14.2. The van der Waals surface area contributed by atoms with E-state index < -0.39 is 0 Å². The number of aryl methyl sites for hydroxylation is 1. The molecule has 5 rings (SSSR count). The summed E-state index contributed by atoms with van der Waals surface area (Å²) < 4.78 is 1.68. The van der Waals surface area contributed by atoms with Crippen LogP contribution in [0.3, 0.4) is 0 Å². The van der Waals surface area contributed by atoms with Crippen LogP contribution >= 0.6 is 0 Å². The van der Waals surface area contributed by atoms with Crippen LogP contribution in [0, 0.1) is 6.92 Å². The number of carbonyl (C=O) groups excluding carboxylic acids is 1. The fourth-order valence-electron chi connectivity index (χ4n) is 3.31. The molecule has 0 saturated heterocycles. The monoisotopic (exact) mass is 373 g/mol. The first-order valence-corrected chi connectivity index (χ1v) is 9.33. The number of benzene rings is 1. The van der Waals surface area contributed by atoms with Gasteiger partial charge in [-0.3, -0.25) is 4.79 Å². The van der Waals surface area contributed by atoms with Crippen LogP contribution in [0.4, 0.5) is 5.69 Å². The van der Waals surface area contributed by atoms with Crippen molar-refractivity contribution in [2.45, 2.75) is 32.2 Å². The first-order chi connectivity index (χ1) is 13.7. The Morgan fingerprint density at radius 1 is 1.21 bits per heavy atom. The third-order valence-corrected chi connectivity index (χ3v) is 5.24. The largest absolute Gasteiger partial charge is 0.322 e. The van der Waals surface area contributed by atoms with Gasteiger partial charge in [0.25, 0.3) is 5.91 Å². The molecule has 0 radical (unpaired) electrons. The Balaban J connectivity index is 1.43. The zero-order valence-corrected chi connectivity index (χ0v) is 15.4. The van der Waals surface area contributed by atoms with Gasteiger partial charge in [0.1, 0.15) is 0 Å². The summed E-state index contributed by atoms with van der Waals surface area (Å²) in [6.45, 7) is 1.95. The van der Waals surface area contributed by atoms with Crippen LogP contribution in [0.15, 0.2) is 48.8 Å². The molecule has 1 aliphatic rings. The lowest BCUT2D eigenvalue weighted by Gasteiger charge is -2.23. The van der Waals surface area contributed by atoms with Crippen molar-refractivity contribution in [3.63, 3.8) is 0 Å². The summed E-state index contributed by atoms with van der Waals surface area (Å²) in [5.74, 6) is 0.367. The summed E-state index contributed by atoms with van der Waals surface area (Å²) in [6.07, 6.45) is 6.81. The molecule has 1 saturated carbocycles. The van der Waals surface area contributed by atoms with E-state index in [9.17, 15) is 4.79 Å². The van der Waals surface area contributed by atoms with Gasteiger partial charge >= 0.3 is 0 Å². The highest BCUT2D eigenvalue weighted by Gasteiger charge is 2.22. The molecule has 8 nitrogen and oxygen atoms in total. The minimum absolute atomic E-state index is 0.201. The van der Waals surface area contributed by atoms with Crippen LogP contribution in [0.2, 0.25) is 0 Å². The first-order valence-electron chi connectivity index (χ1n) is 9.33. The number of nitrogens with zero attached hydrogens (tertiary/aromatic N) is 6. The second-order valence-corrected chi connectivity index (χ2v) is 7.09. The number of amides is 1. The van der Waals surface area contributed by atoms with Crippen molar-refractivity contribution in [3.05, 3.63) is 59.9 Å². The number of rotatable bonds is 4. The van der Waals surface area contributed by atoms with Gasteiger partial charge in [-0.15, -0.1) is 10.2 Å². The van der Waals surface area contributed by atoms with E-state index in [0.29, 0.717) is 17.4 Å². The highest BCUT2D eigenvalue weighted by atomic mass is 16.1. The van der Waals surface area contributed by atoms with Crippen molar-refractivity contribution in [2.75, 3.05) is 5.32 Å². The van der Waals surface area contributed by atoms with E-state index in [1.165, 1.54) is 6.42 Å². The van der Waals surface area contributed by atoms with E-state index >= 15 is 0 Å². The highest BCUT2D eigenvalue weighted by molar-refractivity contribution is 6.09. The smallest absolute Gasteiger partial charge is 0.259 e. The lowest BCUT2D eigenvalue weighted by molar-refractivity contribution is 0.102. The number of fused-ring (bicyclic) bond motifs is 1. The van der Waals surface area contributed by atoms with E-state index in [-0.39, 0.29) is 5.91 Å². The number of hydrogen-bond donors (Lipinski definition) is 1. The van der Waals surface area contributed by atoms with E-state index in [1.807, 2.05) is 49.5 Å². The summed E-state index contributed by atoms with van der Waals surface area (Å²) in [4.78, 5) is 14.5. The molecule has 140 valence electrons. The number of pyridine rings is 1. The number of hydrogen-bond acceptors (Lipinski definition) is 5. The fourth-order valence-corrected chi connectivity index (χ4v) is 3.31.